The quantitative estimate of drug-likeness (QED) is 0.720. The molecule has 1 unspecified atom stereocenters. The first-order chi connectivity index (χ1) is 6.79. The highest BCUT2D eigenvalue weighted by Gasteiger charge is 2.22. The molecule has 1 aliphatic heterocycles. The maximum atomic E-state index is 13.5. The van der Waals surface area contributed by atoms with Crippen molar-refractivity contribution in [1.82, 2.24) is 10.3 Å². The summed E-state index contributed by atoms with van der Waals surface area (Å²) >= 11 is 6.03. The van der Waals surface area contributed by atoms with Crippen LogP contribution in [0.4, 0.5) is 4.39 Å². The molecule has 2 nitrogen and oxygen atoms in total. The number of nitrogens with zero attached hydrogens (tertiary/aromatic N) is 1. The molecular weight excluding hydrogens is 203 g/mol. The van der Waals surface area contributed by atoms with E-state index in [4.69, 9.17) is 11.6 Å². The smallest absolute Gasteiger partial charge is 0.119 e. The van der Waals surface area contributed by atoms with Gasteiger partial charge in [-0.05, 0) is 17.7 Å². The average Bonchev–Trinajstić information content (AvgIpc) is 2.19. The minimum atomic E-state index is -0.300. The molecule has 1 N–H and O–H groups in total. The zero-order valence-electron chi connectivity index (χ0n) is 7.50. The van der Waals surface area contributed by atoms with E-state index < -0.39 is 0 Å². The first-order valence-corrected chi connectivity index (χ1v) is 4.86. The SMILES string of the molecule is FC1=C(c2ccncc2)C(Cl)CNC1. The van der Waals surface area contributed by atoms with E-state index in [9.17, 15) is 4.39 Å². The van der Waals surface area contributed by atoms with E-state index in [1.54, 1.807) is 24.5 Å². The number of rotatable bonds is 1. The molecule has 0 spiro atoms. The van der Waals surface area contributed by atoms with Crippen LogP contribution in [-0.4, -0.2) is 23.5 Å². The van der Waals surface area contributed by atoms with Gasteiger partial charge in [0.25, 0.3) is 0 Å². The normalized spacial score (nSPS) is 22.6. The van der Waals surface area contributed by atoms with E-state index in [2.05, 4.69) is 10.3 Å². The molecule has 0 aliphatic carbocycles. The molecule has 1 aromatic rings. The first-order valence-electron chi connectivity index (χ1n) is 4.43. The summed E-state index contributed by atoms with van der Waals surface area (Å²) in [4.78, 5) is 3.89. The summed E-state index contributed by atoms with van der Waals surface area (Å²) in [6.07, 6.45) is 3.28. The van der Waals surface area contributed by atoms with Crippen molar-refractivity contribution in [2.24, 2.45) is 0 Å². The average molecular weight is 213 g/mol. The molecule has 0 amide bonds. The summed E-state index contributed by atoms with van der Waals surface area (Å²) in [5.41, 5.74) is 1.41. The van der Waals surface area contributed by atoms with E-state index in [0.717, 1.165) is 5.56 Å². The van der Waals surface area contributed by atoms with Crippen molar-refractivity contribution in [3.8, 4) is 0 Å². The van der Waals surface area contributed by atoms with Gasteiger partial charge >= 0.3 is 0 Å². The summed E-state index contributed by atoms with van der Waals surface area (Å²) in [6.45, 7) is 0.869. The Morgan fingerprint density at radius 1 is 1.43 bits per heavy atom. The number of halogens is 2. The number of alkyl halides is 1. The van der Waals surface area contributed by atoms with Crippen molar-refractivity contribution in [1.29, 1.82) is 0 Å². The maximum absolute atomic E-state index is 13.5. The first kappa shape index (κ1) is 9.62. The lowest BCUT2D eigenvalue weighted by Gasteiger charge is -2.21. The van der Waals surface area contributed by atoms with E-state index in [0.29, 0.717) is 12.1 Å². The summed E-state index contributed by atoms with van der Waals surface area (Å²) in [7, 11) is 0. The van der Waals surface area contributed by atoms with Crippen LogP contribution >= 0.6 is 11.6 Å². The van der Waals surface area contributed by atoms with Crippen molar-refractivity contribution in [3.05, 3.63) is 35.9 Å². The van der Waals surface area contributed by atoms with Crippen LogP contribution in [0.2, 0.25) is 0 Å². The van der Waals surface area contributed by atoms with Gasteiger partial charge in [-0.3, -0.25) is 4.98 Å². The molecule has 0 saturated carbocycles. The molecule has 14 heavy (non-hydrogen) atoms. The summed E-state index contributed by atoms with van der Waals surface area (Å²) in [5.74, 6) is -0.178. The largest absolute Gasteiger partial charge is 0.309 e. The molecule has 74 valence electrons. The van der Waals surface area contributed by atoms with Crippen molar-refractivity contribution < 1.29 is 4.39 Å². The molecule has 1 atom stereocenters. The predicted molar refractivity (Wildman–Crippen MR) is 54.8 cm³/mol. The van der Waals surface area contributed by atoms with E-state index in [1.807, 2.05) is 0 Å². The van der Waals surface area contributed by atoms with Gasteiger partial charge in [-0.1, -0.05) is 0 Å². The van der Waals surface area contributed by atoms with Gasteiger partial charge in [-0.2, -0.15) is 0 Å². The van der Waals surface area contributed by atoms with Crippen molar-refractivity contribution >= 4 is 17.2 Å². The highest BCUT2D eigenvalue weighted by atomic mass is 35.5. The Kier molecular flexibility index (Phi) is 2.79. The van der Waals surface area contributed by atoms with Gasteiger partial charge in [-0.15, -0.1) is 11.6 Å². The van der Waals surface area contributed by atoms with Crippen LogP contribution in [-0.2, 0) is 0 Å². The van der Waals surface area contributed by atoms with Crippen LogP contribution in [0.5, 0.6) is 0 Å². The molecule has 0 saturated heterocycles. The molecule has 0 fully saturated rings. The zero-order chi connectivity index (χ0) is 9.97. The van der Waals surface area contributed by atoms with Crippen LogP contribution in [0.15, 0.2) is 30.4 Å². The van der Waals surface area contributed by atoms with Crippen LogP contribution < -0.4 is 5.32 Å². The summed E-state index contributed by atoms with van der Waals surface area (Å²) in [6, 6.07) is 3.55. The van der Waals surface area contributed by atoms with Gasteiger partial charge in [0.15, 0.2) is 0 Å². The van der Waals surface area contributed by atoms with Gasteiger partial charge in [0, 0.05) is 31.1 Å². The number of pyridine rings is 1. The summed E-state index contributed by atoms with van der Waals surface area (Å²) < 4.78 is 13.5. The third kappa shape index (κ3) is 1.79. The second kappa shape index (κ2) is 4.07. The second-order valence-electron chi connectivity index (χ2n) is 3.15. The lowest BCUT2D eigenvalue weighted by Crippen LogP contribution is -2.31. The molecule has 4 heteroatoms. The second-order valence-corrected chi connectivity index (χ2v) is 3.68. The molecule has 0 radical (unpaired) electrons. The Hall–Kier alpha value is -0.930. The topological polar surface area (TPSA) is 24.9 Å². The standard InChI is InChI=1S/C10H10ClFN2/c11-8-5-14-6-9(12)10(8)7-1-3-13-4-2-7/h1-4,8,14H,5-6H2. The van der Waals surface area contributed by atoms with Gasteiger partial charge in [0.1, 0.15) is 5.83 Å². The Morgan fingerprint density at radius 3 is 2.79 bits per heavy atom. The maximum Gasteiger partial charge on any atom is 0.119 e. The van der Waals surface area contributed by atoms with Gasteiger partial charge < -0.3 is 5.32 Å². The summed E-state index contributed by atoms with van der Waals surface area (Å²) in [5, 5.41) is 2.60. The fourth-order valence-corrected chi connectivity index (χ4v) is 1.90. The molecule has 2 heterocycles. The Labute approximate surface area is 86.8 Å². The van der Waals surface area contributed by atoms with Gasteiger partial charge in [-0.25, -0.2) is 4.39 Å². The molecule has 1 aliphatic rings. The molecular formula is C10H10ClFN2. The number of aromatic nitrogens is 1. The van der Waals surface area contributed by atoms with Gasteiger partial charge in [0.2, 0.25) is 0 Å². The van der Waals surface area contributed by atoms with Crippen LogP contribution in [0, 0.1) is 0 Å². The van der Waals surface area contributed by atoms with Crippen LogP contribution in [0.1, 0.15) is 5.56 Å². The minimum Gasteiger partial charge on any atom is -0.309 e. The van der Waals surface area contributed by atoms with E-state index >= 15 is 0 Å². The van der Waals surface area contributed by atoms with Crippen LogP contribution in [0.3, 0.4) is 0 Å². The zero-order valence-corrected chi connectivity index (χ0v) is 8.26. The van der Waals surface area contributed by atoms with Crippen molar-refractivity contribution in [2.75, 3.05) is 13.1 Å². The fraction of sp³-hybridized carbons (Fsp3) is 0.300. The Balaban J connectivity index is 2.41. The highest BCUT2D eigenvalue weighted by Crippen LogP contribution is 2.28. The number of hydrogen-bond acceptors (Lipinski definition) is 2. The molecule has 0 aromatic carbocycles. The van der Waals surface area contributed by atoms with E-state index in [-0.39, 0.29) is 17.7 Å². The monoisotopic (exact) mass is 212 g/mol. The van der Waals surface area contributed by atoms with E-state index in [1.165, 1.54) is 0 Å². The molecule has 2 rings (SSSR count). The fourth-order valence-electron chi connectivity index (χ4n) is 1.54. The van der Waals surface area contributed by atoms with Crippen molar-refractivity contribution in [2.45, 2.75) is 5.38 Å². The third-order valence-corrected chi connectivity index (χ3v) is 2.57. The number of hydrogen-bond donors (Lipinski definition) is 1. The lowest BCUT2D eigenvalue weighted by atomic mass is 10.0. The molecule has 0 bridgehead atoms. The minimum absolute atomic E-state index is 0.178. The number of nitrogens with one attached hydrogen (secondary N) is 1. The third-order valence-electron chi connectivity index (χ3n) is 2.20. The Bertz CT molecular complexity index is 350. The van der Waals surface area contributed by atoms with Gasteiger partial charge in [0.05, 0.1) is 5.38 Å². The lowest BCUT2D eigenvalue weighted by molar-refractivity contribution is 0.553. The highest BCUT2D eigenvalue weighted by molar-refractivity contribution is 6.27. The molecule has 1 aromatic heterocycles. The predicted octanol–water partition coefficient (Wildman–Crippen LogP) is 1.97. The van der Waals surface area contributed by atoms with Crippen LogP contribution in [0.25, 0.3) is 5.57 Å². The van der Waals surface area contributed by atoms with Crippen molar-refractivity contribution in [3.63, 3.8) is 0 Å². The Morgan fingerprint density at radius 2 is 2.14 bits per heavy atom.